The van der Waals surface area contributed by atoms with E-state index >= 15 is 0 Å². The monoisotopic (exact) mass is 278 g/mol. The van der Waals surface area contributed by atoms with Gasteiger partial charge in [-0.25, -0.2) is 4.57 Å². The van der Waals surface area contributed by atoms with Crippen molar-refractivity contribution in [2.45, 2.75) is 13.8 Å². The Labute approximate surface area is 112 Å². The topological polar surface area (TPSA) is 55.8 Å². The van der Waals surface area contributed by atoms with E-state index < -0.39 is 7.82 Å². The molecule has 0 fully saturated rings. The Kier molecular flexibility index (Phi) is 3.93. The summed E-state index contributed by atoms with van der Waals surface area (Å²) in [6.07, 6.45) is 0. The van der Waals surface area contributed by atoms with Crippen molar-refractivity contribution < 1.29 is 18.5 Å². The molecule has 0 atom stereocenters. The van der Waals surface area contributed by atoms with E-state index in [9.17, 15) is 9.46 Å². The van der Waals surface area contributed by atoms with Crippen molar-refractivity contribution in [1.82, 2.24) is 0 Å². The first-order valence-corrected chi connectivity index (χ1v) is 7.31. The van der Waals surface area contributed by atoms with Crippen LogP contribution in [0.2, 0.25) is 0 Å². The van der Waals surface area contributed by atoms with Gasteiger partial charge >= 0.3 is 7.82 Å². The van der Waals surface area contributed by atoms with Crippen LogP contribution in [0.3, 0.4) is 0 Å². The van der Waals surface area contributed by atoms with E-state index in [1.807, 2.05) is 12.1 Å². The second-order valence-electron chi connectivity index (χ2n) is 4.18. The lowest BCUT2D eigenvalue weighted by atomic mass is 10.2. The van der Waals surface area contributed by atoms with Crippen LogP contribution in [0.15, 0.2) is 48.5 Å². The van der Waals surface area contributed by atoms with Crippen molar-refractivity contribution in [1.29, 1.82) is 0 Å². The lowest BCUT2D eigenvalue weighted by Crippen LogP contribution is -2.01. The number of phosphoric acid groups is 1. The molecule has 0 heterocycles. The van der Waals surface area contributed by atoms with Gasteiger partial charge in [0.15, 0.2) is 0 Å². The van der Waals surface area contributed by atoms with Crippen LogP contribution in [-0.4, -0.2) is 4.89 Å². The van der Waals surface area contributed by atoms with Gasteiger partial charge in [-0.2, -0.15) is 0 Å². The fraction of sp³-hybridized carbons (Fsp3) is 0.143. The normalized spacial score (nSPS) is 11.1. The van der Waals surface area contributed by atoms with Crippen molar-refractivity contribution in [2.75, 3.05) is 0 Å². The van der Waals surface area contributed by atoms with Crippen LogP contribution in [0.25, 0.3) is 0 Å². The van der Waals surface area contributed by atoms with Gasteiger partial charge in [-0.15, -0.1) is 0 Å². The maximum absolute atomic E-state index is 12.0. The maximum Gasteiger partial charge on any atom is 0.584 e. The molecule has 19 heavy (non-hydrogen) atoms. The minimum absolute atomic E-state index is 0.335. The van der Waals surface area contributed by atoms with E-state index in [2.05, 4.69) is 0 Å². The third-order valence-electron chi connectivity index (χ3n) is 2.61. The molecule has 1 N–H and O–H groups in total. The third-order valence-corrected chi connectivity index (χ3v) is 3.47. The third kappa shape index (κ3) is 3.60. The van der Waals surface area contributed by atoms with Gasteiger partial charge in [0.25, 0.3) is 0 Å². The molecule has 100 valence electrons. The summed E-state index contributed by atoms with van der Waals surface area (Å²) in [7, 11) is -4.19. The highest BCUT2D eigenvalue weighted by Gasteiger charge is 2.26. The minimum atomic E-state index is -4.19. The Hall–Kier alpha value is -1.77. The van der Waals surface area contributed by atoms with E-state index in [1.54, 1.807) is 50.2 Å². The summed E-state index contributed by atoms with van der Waals surface area (Å²) in [6.45, 7) is 3.59. The van der Waals surface area contributed by atoms with Gasteiger partial charge in [-0.1, -0.05) is 36.4 Å². The van der Waals surface area contributed by atoms with Crippen LogP contribution in [0.4, 0.5) is 0 Å². The lowest BCUT2D eigenvalue weighted by Gasteiger charge is -2.16. The number of hydrogen-bond acceptors (Lipinski definition) is 3. The Balaban J connectivity index is 2.18. The number of rotatable bonds is 4. The zero-order valence-corrected chi connectivity index (χ0v) is 11.6. The maximum atomic E-state index is 12.0. The summed E-state index contributed by atoms with van der Waals surface area (Å²) >= 11 is 0. The molecule has 0 aliphatic rings. The largest absolute Gasteiger partial charge is 0.584 e. The second-order valence-corrected chi connectivity index (χ2v) is 5.48. The fourth-order valence-corrected chi connectivity index (χ4v) is 2.53. The molecule has 0 saturated carbocycles. The Morgan fingerprint density at radius 2 is 1.21 bits per heavy atom. The van der Waals surface area contributed by atoms with Crippen LogP contribution in [0, 0.1) is 13.8 Å². The molecule has 2 aromatic rings. The quantitative estimate of drug-likeness (QED) is 0.863. The van der Waals surface area contributed by atoms with Crippen molar-refractivity contribution in [3.8, 4) is 11.5 Å². The van der Waals surface area contributed by atoms with Crippen LogP contribution in [0.1, 0.15) is 11.1 Å². The minimum Gasteiger partial charge on any atom is -0.395 e. The molecular weight excluding hydrogens is 263 g/mol. The predicted molar refractivity (Wildman–Crippen MR) is 73.4 cm³/mol. The Bertz CT molecular complexity index is 573. The molecule has 0 radical (unpaired) electrons. The molecular formula is C14H15O4P. The Morgan fingerprint density at radius 3 is 1.58 bits per heavy atom. The fourth-order valence-electron chi connectivity index (χ4n) is 1.58. The van der Waals surface area contributed by atoms with E-state index in [0.717, 1.165) is 11.1 Å². The molecule has 0 aliphatic carbocycles. The average molecular weight is 278 g/mol. The first-order valence-electron chi connectivity index (χ1n) is 5.81. The molecule has 2 rings (SSSR count). The van der Waals surface area contributed by atoms with Gasteiger partial charge in [-0.05, 0) is 37.1 Å². The molecule has 0 amide bonds. The smallest absolute Gasteiger partial charge is 0.395 e. The summed E-state index contributed by atoms with van der Waals surface area (Å²) in [4.78, 5) is 9.78. The van der Waals surface area contributed by atoms with Crippen LogP contribution in [0.5, 0.6) is 11.5 Å². The number of benzene rings is 2. The van der Waals surface area contributed by atoms with Crippen molar-refractivity contribution in [3.05, 3.63) is 59.7 Å². The number of para-hydroxylation sites is 2. The van der Waals surface area contributed by atoms with Crippen molar-refractivity contribution in [3.63, 3.8) is 0 Å². The zero-order valence-electron chi connectivity index (χ0n) is 10.7. The average Bonchev–Trinajstić information content (AvgIpc) is 2.35. The summed E-state index contributed by atoms with van der Waals surface area (Å²) in [6, 6.07) is 14.0. The van der Waals surface area contributed by atoms with Gasteiger partial charge < -0.3 is 9.05 Å². The SMILES string of the molecule is Cc1ccccc1OP(=O)(O)Oc1ccccc1C. The van der Waals surface area contributed by atoms with Crippen LogP contribution < -0.4 is 9.05 Å². The van der Waals surface area contributed by atoms with Crippen LogP contribution >= 0.6 is 7.82 Å². The molecule has 0 bridgehead atoms. The van der Waals surface area contributed by atoms with Crippen molar-refractivity contribution in [2.24, 2.45) is 0 Å². The molecule has 0 saturated heterocycles. The summed E-state index contributed by atoms with van der Waals surface area (Å²) in [5, 5.41) is 0. The molecule has 0 unspecified atom stereocenters. The van der Waals surface area contributed by atoms with E-state index in [1.165, 1.54) is 0 Å². The molecule has 0 aromatic heterocycles. The molecule has 4 nitrogen and oxygen atoms in total. The lowest BCUT2D eigenvalue weighted by molar-refractivity contribution is 0.289. The molecule has 2 aromatic carbocycles. The van der Waals surface area contributed by atoms with E-state index in [-0.39, 0.29) is 0 Å². The van der Waals surface area contributed by atoms with Gasteiger partial charge in [0, 0.05) is 0 Å². The van der Waals surface area contributed by atoms with E-state index in [0.29, 0.717) is 11.5 Å². The van der Waals surface area contributed by atoms with Gasteiger partial charge in [-0.3, -0.25) is 4.89 Å². The highest BCUT2D eigenvalue weighted by atomic mass is 31.2. The molecule has 5 heteroatoms. The highest BCUT2D eigenvalue weighted by molar-refractivity contribution is 7.48. The predicted octanol–water partition coefficient (Wildman–Crippen LogP) is 3.86. The summed E-state index contributed by atoms with van der Waals surface area (Å²) in [5.74, 6) is 0.670. The van der Waals surface area contributed by atoms with Crippen LogP contribution in [-0.2, 0) is 4.57 Å². The van der Waals surface area contributed by atoms with Gasteiger partial charge in [0.05, 0.1) is 0 Å². The first kappa shape index (κ1) is 13.7. The standard InChI is InChI=1S/C14H15O4P/c1-11-7-3-5-9-13(11)17-19(15,16)18-14-10-6-4-8-12(14)2/h3-10H,1-2H3,(H,15,16). The number of aryl methyl sites for hydroxylation is 2. The molecule has 0 spiro atoms. The van der Waals surface area contributed by atoms with E-state index in [4.69, 9.17) is 9.05 Å². The second kappa shape index (κ2) is 5.47. The van der Waals surface area contributed by atoms with Gasteiger partial charge in [0.1, 0.15) is 11.5 Å². The Morgan fingerprint density at radius 1 is 0.842 bits per heavy atom. The van der Waals surface area contributed by atoms with Gasteiger partial charge in [0.2, 0.25) is 0 Å². The van der Waals surface area contributed by atoms with Crippen molar-refractivity contribution >= 4 is 7.82 Å². The molecule has 0 aliphatic heterocycles. The first-order chi connectivity index (χ1) is 8.98. The number of hydrogen-bond donors (Lipinski definition) is 1. The highest BCUT2D eigenvalue weighted by Crippen LogP contribution is 2.45. The summed E-state index contributed by atoms with van der Waals surface area (Å²) in [5.41, 5.74) is 1.54. The summed E-state index contributed by atoms with van der Waals surface area (Å²) < 4.78 is 22.1. The zero-order chi connectivity index (χ0) is 13.9. The number of phosphoric ester groups is 1.